The van der Waals surface area contributed by atoms with E-state index in [0.717, 1.165) is 30.8 Å². The van der Waals surface area contributed by atoms with E-state index >= 15 is 0 Å². The Balaban J connectivity index is 1.88. The SMILES string of the molecule is CCn1nc(C)cc1CC(O)CCc1ccccc1. The van der Waals surface area contributed by atoms with Crippen molar-refractivity contribution in [2.24, 2.45) is 0 Å². The summed E-state index contributed by atoms with van der Waals surface area (Å²) in [6.45, 7) is 4.92. The molecule has 0 saturated heterocycles. The number of aryl methyl sites for hydroxylation is 3. The van der Waals surface area contributed by atoms with E-state index in [1.54, 1.807) is 0 Å². The summed E-state index contributed by atoms with van der Waals surface area (Å²) in [5, 5.41) is 14.6. The second-order valence-corrected chi connectivity index (χ2v) is 4.98. The van der Waals surface area contributed by atoms with Gasteiger partial charge in [0, 0.05) is 18.7 Å². The highest BCUT2D eigenvalue weighted by Crippen LogP contribution is 2.11. The van der Waals surface area contributed by atoms with Crippen LogP contribution >= 0.6 is 0 Å². The van der Waals surface area contributed by atoms with Gasteiger partial charge in [-0.15, -0.1) is 0 Å². The third-order valence-electron chi connectivity index (χ3n) is 3.34. The van der Waals surface area contributed by atoms with Gasteiger partial charge in [0.25, 0.3) is 0 Å². The van der Waals surface area contributed by atoms with Gasteiger partial charge in [0.15, 0.2) is 0 Å². The molecule has 1 unspecified atom stereocenters. The molecule has 1 atom stereocenters. The molecule has 0 amide bonds. The van der Waals surface area contributed by atoms with Gasteiger partial charge in [-0.1, -0.05) is 30.3 Å². The highest BCUT2D eigenvalue weighted by atomic mass is 16.3. The van der Waals surface area contributed by atoms with E-state index in [0.29, 0.717) is 6.42 Å². The summed E-state index contributed by atoms with van der Waals surface area (Å²) in [5.74, 6) is 0. The van der Waals surface area contributed by atoms with Gasteiger partial charge in [-0.05, 0) is 38.3 Å². The third-order valence-corrected chi connectivity index (χ3v) is 3.34. The number of nitrogens with zero attached hydrogens (tertiary/aromatic N) is 2. The Morgan fingerprint density at radius 2 is 2.00 bits per heavy atom. The van der Waals surface area contributed by atoms with Crippen molar-refractivity contribution in [1.29, 1.82) is 0 Å². The van der Waals surface area contributed by atoms with Crippen LogP contribution in [0.15, 0.2) is 36.4 Å². The first-order chi connectivity index (χ1) is 9.19. The Labute approximate surface area is 114 Å². The second-order valence-electron chi connectivity index (χ2n) is 4.98. The van der Waals surface area contributed by atoms with Gasteiger partial charge >= 0.3 is 0 Å². The molecule has 2 aromatic rings. The summed E-state index contributed by atoms with van der Waals surface area (Å²) in [5.41, 5.74) is 3.43. The second kappa shape index (κ2) is 6.53. The minimum absolute atomic E-state index is 0.304. The first-order valence-electron chi connectivity index (χ1n) is 6.94. The Kier molecular flexibility index (Phi) is 4.74. The van der Waals surface area contributed by atoms with Crippen molar-refractivity contribution in [3.63, 3.8) is 0 Å². The number of hydrogen-bond acceptors (Lipinski definition) is 2. The number of aliphatic hydroxyl groups is 1. The summed E-state index contributed by atoms with van der Waals surface area (Å²) in [6.07, 6.45) is 2.09. The molecule has 3 nitrogen and oxygen atoms in total. The molecule has 102 valence electrons. The van der Waals surface area contributed by atoms with E-state index in [1.165, 1.54) is 5.56 Å². The highest BCUT2D eigenvalue weighted by molar-refractivity contribution is 5.15. The summed E-state index contributed by atoms with van der Waals surface area (Å²) in [6, 6.07) is 12.4. The molecule has 1 aromatic heterocycles. The molecule has 0 radical (unpaired) electrons. The van der Waals surface area contributed by atoms with E-state index in [1.807, 2.05) is 29.8 Å². The van der Waals surface area contributed by atoms with Gasteiger partial charge in [-0.3, -0.25) is 4.68 Å². The van der Waals surface area contributed by atoms with Gasteiger partial charge in [0.1, 0.15) is 0 Å². The molecule has 0 aliphatic heterocycles. The molecule has 1 N–H and O–H groups in total. The lowest BCUT2D eigenvalue weighted by Gasteiger charge is -2.11. The Hall–Kier alpha value is -1.61. The van der Waals surface area contributed by atoms with Crippen LogP contribution in [0.3, 0.4) is 0 Å². The normalized spacial score (nSPS) is 12.6. The highest BCUT2D eigenvalue weighted by Gasteiger charge is 2.10. The Bertz CT molecular complexity index is 505. The Morgan fingerprint density at radius 3 is 2.68 bits per heavy atom. The molecular weight excluding hydrogens is 236 g/mol. The largest absolute Gasteiger partial charge is 0.393 e. The first kappa shape index (κ1) is 13.8. The molecule has 0 aliphatic rings. The number of hydrogen-bond donors (Lipinski definition) is 1. The lowest BCUT2D eigenvalue weighted by molar-refractivity contribution is 0.162. The van der Waals surface area contributed by atoms with Gasteiger partial charge in [-0.2, -0.15) is 5.10 Å². The molecule has 3 heteroatoms. The molecule has 0 aliphatic carbocycles. The summed E-state index contributed by atoms with van der Waals surface area (Å²) in [7, 11) is 0. The molecule has 0 fully saturated rings. The van der Waals surface area contributed by atoms with Crippen LogP contribution in [-0.2, 0) is 19.4 Å². The van der Waals surface area contributed by atoms with Crippen molar-refractivity contribution in [3.8, 4) is 0 Å². The quantitative estimate of drug-likeness (QED) is 0.865. The number of benzene rings is 1. The molecule has 0 spiro atoms. The summed E-state index contributed by atoms with van der Waals surface area (Å²) < 4.78 is 1.97. The molecule has 2 rings (SSSR count). The maximum absolute atomic E-state index is 10.2. The van der Waals surface area contributed by atoms with Crippen LogP contribution in [0.25, 0.3) is 0 Å². The molecule has 0 bridgehead atoms. The van der Waals surface area contributed by atoms with Crippen molar-refractivity contribution in [3.05, 3.63) is 53.3 Å². The van der Waals surface area contributed by atoms with E-state index in [4.69, 9.17) is 0 Å². The number of rotatable bonds is 6. The average Bonchev–Trinajstić information content (AvgIpc) is 2.77. The van der Waals surface area contributed by atoms with E-state index < -0.39 is 0 Å². The molecule has 19 heavy (non-hydrogen) atoms. The van der Waals surface area contributed by atoms with Crippen LogP contribution in [-0.4, -0.2) is 21.0 Å². The van der Waals surface area contributed by atoms with Gasteiger partial charge in [-0.25, -0.2) is 0 Å². The van der Waals surface area contributed by atoms with Gasteiger partial charge in [0.2, 0.25) is 0 Å². The zero-order chi connectivity index (χ0) is 13.7. The fourth-order valence-corrected chi connectivity index (χ4v) is 2.36. The zero-order valence-electron chi connectivity index (χ0n) is 11.7. The topological polar surface area (TPSA) is 38.0 Å². The van der Waals surface area contributed by atoms with Gasteiger partial charge in [0.05, 0.1) is 11.8 Å². The maximum atomic E-state index is 10.2. The van der Waals surface area contributed by atoms with Gasteiger partial charge < -0.3 is 5.11 Å². The average molecular weight is 258 g/mol. The van der Waals surface area contributed by atoms with Crippen LogP contribution in [0.4, 0.5) is 0 Å². The van der Waals surface area contributed by atoms with Crippen LogP contribution in [0, 0.1) is 6.92 Å². The number of aromatic nitrogens is 2. The van der Waals surface area contributed by atoms with Crippen LogP contribution in [0.5, 0.6) is 0 Å². The van der Waals surface area contributed by atoms with E-state index in [9.17, 15) is 5.11 Å². The van der Waals surface area contributed by atoms with Crippen LogP contribution < -0.4 is 0 Å². The van der Waals surface area contributed by atoms with Crippen LogP contribution in [0.1, 0.15) is 30.3 Å². The predicted octanol–water partition coefficient (Wildman–Crippen LogP) is 2.75. The molecule has 0 saturated carbocycles. The van der Waals surface area contributed by atoms with Crippen molar-refractivity contribution in [2.45, 2.75) is 45.8 Å². The smallest absolute Gasteiger partial charge is 0.0598 e. The van der Waals surface area contributed by atoms with Crippen LogP contribution in [0.2, 0.25) is 0 Å². The number of aliphatic hydroxyl groups excluding tert-OH is 1. The van der Waals surface area contributed by atoms with Crippen molar-refractivity contribution < 1.29 is 5.11 Å². The lowest BCUT2D eigenvalue weighted by atomic mass is 10.0. The molecule has 1 aromatic carbocycles. The predicted molar refractivity (Wildman–Crippen MR) is 77.1 cm³/mol. The Morgan fingerprint density at radius 1 is 1.26 bits per heavy atom. The summed E-state index contributed by atoms with van der Waals surface area (Å²) in [4.78, 5) is 0. The standard InChI is InChI=1S/C16H22N2O/c1-3-18-15(11-13(2)17-18)12-16(19)10-9-14-7-5-4-6-8-14/h4-8,11,16,19H,3,9-10,12H2,1-2H3. The zero-order valence-corrected chi connectivity index (χ0v) is 11.7. The van der Waals surface area contributed by atoms with Crippen molar-refractivity contribution in [2.75, 3.05) is 0 Å². The minimum Gasteiger partial charge on any atom is -0.393 e. The monoisotopic (exact) mass is 258 g/mol. The summed E-state index contributed by atoms with van der Waals surface area (Å²) >= 11 is 0. The maximum Gasteiger partial charge on any atom is 0.0598 e. The fourth-order valence-electron chi connectivity index (χ4n) is 2.36. The first-order valence-corrected chi connectivity index (χ1v) is 6.94. The third kappa shape index (κ3) is 3.93. The van der Waals surface area contributed by atoms with E-state index in [2.05, 4.69) is 30.2 Å². The molecular formula is C16H22N2O. The minimum atomic E-state index is -0.304. The lowest BCUT2D eigenvalue weighted by Crippen LogP contribution is -2.15. The fraction of sp³-hybridized carbons (Fsp3) is 0.438. The van der Waals surface area contributed by atoms with E-state index in [-0.39, 0.29) is 6.10 Å². The molecule has 1 heterocycles. The van der Waals surface area contributed by atoms with Crippen molar-refractivity contribution >= 4 is 0 Å². The van der Waals surface area contributed by atoms with Crippen molar-refractivity contribution in [1.82, 2.24) is 9.78 Å².